The molecule has 0 aromatic rings. The van der Waals surface area contributed by atoms with Crippen LogP contribution in [-0.2, 0) is 9.53 Å². The Morgan fingerprint density at radius 1 is 1.42 bits per heavy atom. The Balaban J connectivity index is 3.19. The lowest BCUT2D eigenvalue weighted by Crippen LogP contribution is -2.09. The maximum atomic E-state index is 10.8. The molecule has 0 unspecified atom stereocenters. The van der Waals surface area contributed by atoms with Crippen LogP contribution in [0.15, 0.2) is 0 Å². The molecule has 0 bridgehead atoms. The molecule has 0 aromatic heterocycles. The largest absolute Gasteiger partial charge is 0.466 e. The summed E-state index contributed by atoms with van der Waals surface area (Å²) in [4.78, 5) is 10.8. The lowest BCUT2D eigenvalue weighted by Gasteiger charge is -2.00. The van der Waals surface area contributed by atoms with Crippen molar-refractivity contribution in [2.24, 2.45) is 5.73 Å². The zero-order valence-electron chi connectivity index (χ0n) is 7.43. The number of unbranched alkanes of at least 4 members (excludes halogenated alkanes) is 1. The Labute approximate surface area is 72.6 Å². The van der Waals surface area contributed by atoms with Crippen molar-refractivity contribution in [2.75, 3.05) is 6.61 Å². The summed E-state index contributed by atoms with van der Waals surface area (Å²) >= 11 is 0. The minimum Gasteiger partial charge on any atom is -0.466 e. The van der Waals surface area contributed by atoms with Gasteiger partial charge in [-0.1, -0.05) is 0 Å². The van der Waals surface area contributed by atoms with E-state index in [1.165, 1.54) is 0 Å². The van der Waals surface area contributed by atoms with E-state index in [0.29, 0.717) is 19.4 Å². The third-order valence-corrected chi connectivity index (χ3v) is 1.38. The first-order chi connectivity index (χ1) is 5.66. The summed E-state index contributed by atoms with van der Waals surface area (Å²) in [7, 11) is 0. The molecule has 0 aliphatic rings. The molecule has 0 saturated heterocycles. The lowest BCUT2D eigenvalue weighted by atomic mass is 10.2. The number of carbonyl (C=O) groups excluding carboxylic acids is 1. The Morgan fingerprint density at radius 2 is 2.00 bits per heavy atom. The molecule has 0 heterocycles. The molecule has 0 amide bonds. The number of esters is 1. The highest BCUT2D eigenvalue weighted by atomic mass is 16.5. The van der Waals surface area contributed by atoms with E-state index in [-0.39, 0.29) is 11.8 Å². The molecule has 0 saturated carbocycles. The van der Waals surface area contributed by atoms with Crippen LogP contribution in [0.3, 0.4) is 0 Å². The number of hydrogen-bond acceptors (Lipinski definition) is 3. The van der Waals surface area contributed by atoms with E-state index >= 15 is 0 Å². The molecule has 0 atom stereocenters. The molecule has 0 radical (unpaired) electrons. The van der Waals surface area contributed by atoms with Crippen LogP contribution in [-0.4, -0.2) is 18.4 Å². The molecule has 0 spiro atoms. The fourth-order valence-electron chi connectivity index (χ4n) is 0.818. The second kappa shape index (κ2) is 6.64. The average Bonchev–Trinajstić information content (AvgIpc) is 1.98. The van der Waals surface area contributed by atoms with Crippen LogP contribution in [0, 0.1) is 5.41 Å². The number of nitrogens with one attached hydrogen (secondary N) is 1. The quantitative estimate of drug-likeness (QED) is 0.272. The van der Waals surface area contributed by atoms with Crippen LogP contribution >= 0.6 is 0 Å². The predicted octanol–water partition coefficient (Wildman–Crippen LogP) is 1.05. The molecule has 4 heteroatoms. The average molecular weight is 172 g/mol. The van der Waals surface area contributed by atoms with E-state index < -0.39 is 0 Å². The highest BCUT2D eigenvalue weighted by Crippen LogP contribution is 2.00. The van der Waals surface area contributed by atoms with Gasteiger partial charge in [0.1, 0.15) is 0 Å². The molecule has 12 heavy (non-hydrogen) atoms. The van der Waals surface area contributed by atoms with Gasteiger partial charge in [-0.3, -0.25) is 10.2 Å². The third kappa shape index (κ3) is 7.05. The van der Waals surface area contributed by atoms with Gasteiger partial charge in [0.05, 0.1) is 12.4 Å². The number of amidine groups is 1. The Bertz CT molecular complexity index is 157. The molecule has 0 fully saturated rings. The highest BCUT2D eigenvalue weighted by Gasteiger charge is 2.00. The normalized spacial score (nSPS) is 9.42. The van der Waals surface area contributed by atoms with Crippen molar-refractivity contribution in [3.05, 3.63) is 0 Å². The van der Waals surface area contributed by atoms with Crippen LogP contribution < -0.4 is 5.73 Å². The zero-order valence-corrected chi connectivity index (χ0v) is 7.43. The second-order valence-corrected chi connectivity index (χ2v) is 2.54. The maximum absolute atomic E-state index is 10.8. The van der Waals surface area contributed by atoms with E-state index in [4.69, 9.17) is 15.9 Å². The molecule has 70 valence electrons. The van der Waals surface area contributed by atoms with Crippen molar-refractivity contribution >= 4 is 11.8 Å². The minimum absolute atomic E-state index is 0.166. The molecule has 4 nitrogen and oxygen atoms in total. The summed E-state index contributed by atoms with van der Waals surface area (Å²) in [5.74, 6) is 0.0138. The van der Waals surface area contributed by atoms with E-state index in [9.17, 15) is 4.79 Å². The van der Waals surface area contributed by atoms with Crippen LogP contribution in [0.1, 0.15) is 32.6 Å². The Kier molecular flexibility index (Phi) is 6.05. The SMILES string of the molecule is CCOC(=O)CCCCC(=N)N. The topological polar surface area (TPSA) is 76.2 Å². The number of hydrogen-bond donors (Lipinski definition) is 2. The Morgan fingerprint density at radius 3 is 2.50 bits per heavy atom. The monoisotopic (exact) mass is 172 g/mol. The number of nitrogens with two attached hydrogens (primary N) is 1. The van der Waals surface area contributed by atoms with Crippen LogP contribution in [0.25, 0.3) is 0 Å². The lowest BCUT2D eigenvalue weighted by molar-refractivity contribution is -0.143. The first kappa shape index (κ1) is 10.9. The summed E-state index contributed by atoms with van der Waals surface area (Å²) in [6.07, 6.45) is 2.53. The van der Waals surface area contributed by atoms with Crippen LogP contribution in [0.2, 0.25) is 0 Å². The third-order valence-electron chi connectivity index (χ3n) is 1.38. The van der Waals surface area contributed by atoms with Gasteiger partial charge in [0.15, 0.2) is 0 Å². The fraction of sp³-hybridized carbons (Fsp3) is 0.750. The van der Waals surface area contributed by atoms with Gasteiger partial charge in [-0.2, -0.15) is 0 Å². The summed E-state index contributed by atoms with van der Waals surface area (Å²) in [6, 6.07) is 0. The van der Waals surface area contributed by atoms with Gasteiger partial charge in [-0.05, 0) is 19.8 Å². The van der Waals surface area contributed by atoms with Crippen molar-refractivity contribution in [2.45, 2.75) is 32.6 Å². The number of carbonyl (C=O) groups is 1. The number of rotatable bonds is 6. The molecule has 0 rings (SSSR count). The van der Waals surface area contributed by atoms with Gasteiger partial charge in [0, 0.05) is 12.8 Å². The van der Waals surface area contributed by atoms with Crippen molar-refractivity contribution in [3.63, 3.8) is 0 Å². The van der Waals surface area contributed by atoms with Crippen molar-refractivity contribution in [1.82, 2.24) is 0 Å². The molecular formula is C8H16N2O2. The first-order valence-electron chi connectivity index (χ1n) is 4.15. The van der Waals surface area contributed by atoms with E-state index in [0.717, 1.165) is 12.8 Å². The number of ether oxygens (including phenoxy) is 1. The highest BCUT2D eigenvalue weighted by molar-refractivity contribution is 5.76. The summed E-state index contributed by atoms with van der Waals surface area (Å²) < 4.78 is 4.73. The molecular weight excluding hydrogens is 156 g/mol. The molecule has 3 N–H and O–H groups in total. The fourth-order valence-corrected chi connectivity index (χ4v) is 0.818. The molecule has 0 aliphatic heterocycles. The summed E-state index contributed by atoms with van der Waals surface area (Å²) in [6.45, 7) is 2.22. The van der Waals surface area contributed by atoms with Crippen LogP contribution in [0.4, 0.5) is 0 Å². The van der Waals surface area contributed by atoms with Gasteiger partial charge in [0.2, 0.25) is 0 Å². The van der Waals surface area contributed by atoms with Gasteiger partial charge < -0.3 is 10.5 Å². The standard InChI is InChI=1S/C8H16N2O2/c1-2-12-8(11)6-4-3-5-7(9)10/h2-6H2,1H3,(H3,9,10). The maximum Gasteiger partial charge on any atom is 0.305 e. The van der Waals surface area contributed by atoms with Crippen LogP contribution in [0.5, 0.6) is 0 Å². The predicted molar refractivity (Wildman–Crippen MR) is 47.0 cm³/mol. The summed E-state index contributed by atoms with van der Waals surface area (Å²) in [5, 5.41) is 6.92. The van der Waals surface area contributed by atoms with E-state index in [1.807, 2.05) is 0 Å². The molecule has 0 aromatic carbocycles. The second-order valence-electron chi connectivity index (χ2n) is 2.54. The summed E-state index contributed by atoms with van der Waals surface area (Å²) in [5.41, 5.74) is 5.14. The zero-order chi connectivity index (χ0) is 9.40. The van der Waals surface area contributed by atoms with Crippen molar-refractivity contribution in [3.8, 4) is 0 Å². The van der Waals surface area contributed by atoms with Crippen molar-refractivity contribution < 1.29 is 9.53 Å². The van der Waals surface area contributed by atoms with E-state index in [1.54, 1.807) is 6.92 Å². The van der Waals surface area contributed by atoms with Gasteiger partial charge in [-0.25, -0.2) is 0 Å². The van der Waals surface area contributed by atoms with Gasteiger partial charge in [0.25, 0.3) is 0 Å². The first-order valence-corrected chi connectivity index (χ1v) is 4.15. The Hall–Kier alpha value is -1.06. The van der Waals surface area contributed by atoms with Crippen molar-refractivity contribution in [1.29, 1.82) is 5.41 Å². The smallest absolute Gasteiger partial charge is 0.305 e. The minimum atomic E-state index is -0.166. The molecule has 0 aliphatic carbocycles. The van der Waals surface area contributed by atoms with Gasteiger partial charge >= 0.3 is 5.97 Å². The van der Waals surface area contributed by atoms with Gasteiger partial charge in [-0.15, -0.1) is 0 Å². The van der Waals surface area contributed by atoms with E-state index in [2.05, 4.69) is 0 Å².